The summed E-state index contributed by atoms with van der Waals surface area (Å²) in [5, 5.41) is 9.65. The van der Waals surface area contributed by atoms with Gasteiger partial charge in [-0.15, -0.1) is 10.2 Å². The lowest BCUT2D eigenvalue weighted by atomic mass is 10.0. The standard InChI is InChI=1S/C21H27N5O2S2/c1-4-16-9-7-10-17(5-2)19(16)26-20(18-11-8-12-22-15-18)24-25-21(26)29-14-13-23-30(27,28)6-3/h7-12,15,23H,4-6,13-14H2,1-3H3. The van der Waals surface area contributed by atoms with Crippen LogP contribution in [0.5, 0.6) is 0 Å². The van der Waals surface area contributed by atoms with Gasteiger partial charge in [0.25, 0.3) is 0 Å². The molecule has 9 heteroatoms. The lowest BCUT2D eigenvalue weighted by molar-refractivity contribution is 0.585. The predicted octanol–water partition coefficient (Wildman–Crippen LogP) is 3.49. The number of para-hydroxylation sites is 1. The lowest BCUT2D eigenvalue weighted by Crippen LogP contribution is -2.27. The van der Waals surface area contributed by atoms with Crippen molar-refractivity contribution < 1.29 is 8.42 Å². The highest BCUT2D eigenvalue weighted by Crippen LogP contribution is 2.31. The lowest BCUT2D eigenvalue weighted by Gasteiger charge is -2.18. The quantitative estimate of drug-likeness (QED) is 0.380. The van der Waals surface area contributed by atoms with Crippen molar-refractivity contribution in [2.75, 3.05) is 18.1 Å². The van der Waals surface area contributed by atoms with Gasteiger partial charge in [0.05, 0.1) is 11.4 Å². The van der Waals surface area contributed by atoms with Crippen LogP contribution >= 0.6 is 11.8 Å². The summed E-state index contributed by atoms with van der Waals surface area (Å²) in [5.41, 5.74) is 4.42. The highest BCUT2D eigenvalue weighted by molar-refractivity contribution is 7.99. The highest BCUT2D eigenvalue weighted by atomic mass is 32.2. The fourth-order valence-corrected chi connectivity index (χ4v) is 4.73. The minimum atomic E-state index is -3.21. The number of aromatic nitrogens is 4. The van der Waals surface area contributed by atoms with Gasteiger partial charge in [0, 0.05) is 30.3 Å². The van der Waals surface area contributed by atoms with Crippen LogP contribution in [0, 0.1) is 0 Å². The van der Waals surface area contributed by atoms with E-state index in [1.54, 1.807) is 19.3 Å². The number of pyridine rings is 1. The van der Waals surface area contributed by atoms with E-state index in [-0.39, 0.29) is 5.75 Å². The molecular weight excluding hydrogens is 418 g/mol. The number of rotatable bonds is 10. The van der Waals surface area contributed by atoms with Crippen molar-refractivity contribution in [2.45, 2.75) is 38.8 Å². The fourth-order valence-electron chi connectivity index (χ4n) is 3.19. The molecule has 0 aliphatic rings. The Balaban J connectivity index is 2.03. The predicted molar refractivity (Wildman–Crippen MR) is 122 cm³/mol. The fraction of sp³-hybridized carbons (Fsp3) is 0.381. The topological polar surface area (TPSA) is 89.8 Å². The van der Waals surface area contributed by atoms with Gasteiger partial charge in [-0.3, -0.25) is 9.55 Å². The first-order chi connectivity index (χ1) is 14.5. The van der Waals surface area contributed by atoms with Gasteiger partial charge in [-0.25, -0.2) is 13.1 Å². The molecule has 7 nitrogen and oxygen atoms in total. The van der Waals surface area contributed by atoms with Crippen molar-refractivity contribution in [1.82, 2.24) is 24.5 Å². The molecule has 160 valence electrons. The minimum Gasteiger partial charge on any atom is -0.269 e. The first-order valence-electron chi connectivity index (χ1n) is 10.1. The third-order valence-electron chi connectivity index (χ3n) is 4.78. The number of nitrogens with zero attached hydrogens (tertiary/aromatic N) is 4. The molecule has 0 aliphatic carbocycles. The summed E-state index contributed by atoms with van der Waals surface area (Å²) in [7, 11) is -3.21. The van der Waals surface area contributed by atoms with Gasteiger partial charge < -0.3 is 0 Å². The number of aryl methyl sites for hydroxylation is 2. The van der Waals surface area contributed by atoms with Crippen LogP contribution < -0.4 is 4.72 Å². The SMILES string of the molecule is CCc1cccc(CC)c1-n1c(SCCNS(=O)(=O)CC)nnc1-c1cccnc1. The zero-order valence-corrected chi connectivity index (χ0v) is 19.1. The number of sulfonamides is 1. The normalized spacial score (nSPS) is 11.7. The van der Waals surface area contributed by atoms with Gasteiger partial charge in [-0.2, -0.15) is 0 Å². The van der Waals surface area contributed by atoms with E-state index in [4.69, 9.17) is 0 Å². The monoisotopic (exact) mass is 445 g/mol. The Hall–Kier alpha value is -2.23. The Labute approximate surface area is 182 Å². The van der Waals surface area contributed by atoms with E-state index in [1.165, 1.54) is 22.9 Å². The Bertz CT molecular complexity index is 1060. The molecule has 2 aromatic heterocycles. The molecule has 0 saturated heterocycles. The van der Waals surface area contributed by atoms with Crippen LogP contribution in [-0.4, -0.2) is 46.2 Å². The van der Waals surface area contributed by atoms with Crippen molar-refractivity contribution in [1.29, 1.82) is 0 Å². The first kappa shape index (κ1) is 22.5. The van der Waals surface area contributed by atoms with E-state index >= 15 is 0 Å². The molecule has 0 fully saturated rings. The second kappa shape index (κ2) is 10.2. The molecule has 0 bridgehead atoms. The average Bonchev–Trinajstić information content (AvgIpc) is 3.20. The maximum atomic E-state index is 11.7. The van der Waals surface area contributed by atoms with Crippen LogP contribution in [0.15, 0.2) is 47.9 Å². The molecule has 0 amide bonds. The molecule has 3 aromatic rings. The third-order valence-corrected chi connectivity index (χ3v) is 7.11. The van der Waals surface area contributed by atoms with Crippen LogP contribution in [0.1, 0.15) is 31.9 Å². The Morgan fingerprint density at radius 1 is 1.03 bits per heavy atom. The number of benzene rings is 1. The van der Waals surface area contributed by atoms with Gasteiger partial charge in [-0.05, 0) is 43.0 Å². The Morgan fingerprint density at radius 3 is 2.37 bits per heavy atom. The van der Waals surface area contributed by atoms with Crippen molar-refractivity contribution >= 4 is 21.8 Å². The van der Waals surface area contributed by atoms with Crippen molar-refractivity contribution in [3.05, 3.63) is 53.9 Å². The summed E-state index contributed by atoms with van der Waals surface area (Å²) < 4.78 is 28.1. The van der Waals surface area contributed by atoms with E-state index in [2.05, 4.69) is 56.5 Å². The molecule has 0 aliphatic heterocycles. The molecule has 0 atom stereocenters. The minimum absolute atomic E-state index is 0.0722. The largest absolute Gasteiger partial charge is 0.269 e. The molecule has 1 aromatic carbocycles. The van der Waals surface area contributed by atoms with Crippen molar-refractivity contribution in [3.63, 3.8) is 0 Å². The number of nitrogens with one attached hydrogen (secondary N) is 1. The summed E-state index contributed by atoms with van der Waals surface area (Å²) in [4.78, 5) is 4.24. The molecule has 0 radical (unpaired) electrons. The molecule has 0 saturated carbocycles. The van der Waals surface area contributed by atoms with Gasteiger partial charge in [0.2, 0.25) is 10.0 Å². The number of hydrogen-bond acceptors (Lipinski definition) is 6. The van der Waals surface area contributed by atoms with E-state index in [9.17, 15) is 8.42 Å². The molecule has 0 spiro atoms. The Kier molecular flexibility index (Phi) is 7.63. The summed E-state index contributed by atoms with van der Waals surface area (Å²) in [6.45, 7) is 6.24. The zero-order chi connectivity index (χ0) is 21.6. The zero-order valence-electron chi connectivity index (χ0n) is 17.5. The van der Waals surface area contributed by atoms with Crippen LogP contribution in [-0.2, 0) is 22.9 Å². The highest BCUT2D eigenvalue weighted by Gasteiger charge is 2.20. The molecule has 0 unspecified atom stereocenters. The van der Waals surface area contributed by atoms with E-state index < -0.39 is 10.0 Å². The third kappa shape index (κ3) is 5.08. The van der Waals surface area contributed by atoms with Crippen molar-refractivity contribution in [2.24, 2.45) is 0 Å². The molecule has 1 N–H and O–H groups in total. The summed E-state index contributed by atoms with van der Waals surface area (Å²) in [5.74, 6) is 1.36. The van der Waals surface area contributed by atoms with E-state index in [0.717, 1.165) is 35.1 Å². The van der Waals surface area contributed by atoms with Gasteiger partial charge in [0.1, 0.15) is 0 Å². The number of hydrogen-bond donors (Lipinski definition) is 1. The van der Waals surface area contributed by atoms with Gasteiger partial charge in [0.15, 0.2) is 11.0 Å². The first-order valence-corrected chi connectivity index (χ1v) is 12.7. The maximum absolute atomic E-state index is 11.7. The summed E-state index contributed by atoms with van der Waals surface area (Å²) >= 11 is 1.49. The second-order valence-electron chi connectivity index (χ2n) is 6.66. The smallest absolute Gasteiger partial charge is 0.211 e. The summed E-state index contributed by atoms with van der Waals surface area (Å²) in [6, 6.07) is 10.2. The molecule has 30 heavy (non-hydrogen) atoms. The van der Waals surface area contributed by atoms with Crippen molar-refractivity contribution in [3.8, 4) is 17.1 Å². The van der Waals surface area contributed by atoms with Crippen LogP contribution in [0.25, 0.3) is 17.1 Å². The second-order valence-corrected chi connectivity index (χ2v) is 9.82. The van der Waals surface area contributed by atoms with Crippen LogP contribution in [0.3, 0.4) is 0 Å². The van der Waals surface area contributed by atoms with Crippen LogP contribution in [0.2, 0.25) is 0 Å². The van der Waals surface area contributed by atoms with Gasteiger partial charge >= 0.3 is 0 Å². The van der Waals surface area contributed by atoms with E-state index in [1.807, 2.05) is 12.1 Å². The van der Waals surface area contributed by atoms with E-state index in [0.29, 0.717) is 12.3 Å². The average molecular weight is 446 g/mol. The number of thioether (sulfide) groups is 1. The summed E-state index contributed by atoms with van der Waals surface area (Å²) in [6.07, 6.45) is 5.28. The Morgan fingerprint density at radius 2 is 1.77 bits per heavy atom. The maximum Gasteiger partial charge on any atom is 0.211 e. The molecular formula is C21H27N5O2S2. The van der Waals surface area contributed by atoms with Gasteiger partial charge in [-0.1, -0.05) is 43.8 Å². The van der Waals surface area contributed by atoms with Crippen LogP contribution in [0.4, 0.5) is 0 Å². The molecule has 2 heterocycles. The molecule has 3 rings (SSSR count).